The lowest BCUT2D eigenvalue weighted by Crippen LogP contribution is -2.16. The quantitative estimate of drug-likeness (QED) is 0.148. The van der Waals surface area contributed by atoms with E-state index in [4.69, 9.17) is 0 Å². The molecule has 2 aliphatic carbocycles. The van der Waals surface area contributed by atoms with Crippen LogP contribution in [0.5, 0.6) is 0 Å². The van der Waals surface area contributed by atoms with E-state index < -0.39 is 0 Å². The molecular formula is C80H58N4. The highest BCUT2D eigenvalue weighted by Crippen LogP contribution is 2.57. The van der Waals surface area contributed by atoms with Crippen molar-refractivity contribution in [3.05, 3.63) is 301 Å². The summed E-state index contributed by atoms with van der Waals surface area (Å²) < 4.78 is 7.46. The van der Waals surface area contributed by atoms with Gasteiger partial charge in [-0.1, -0.05) is 191 Å². The summed E-state index contributed by atoms with van der Waals surface area (Å²) >= 11 is 0. The van der Waals surface area contributed by atoms with Gasteiger partial charge < -0.3 is 18.6 Å². The Morgan fingerprint density at radius 2 is 0.726 bits per heavy atom. The predicted molar refractivity (Wildman–Crippen MR) is 353 cm³/mol. The standard InChI is InChI=1S/C80H58N4/c1-79(2)67-29-17-14-26-61(67)62-43-42-60(50-69(62)79)81(57-36-32-52(33-37-57)51-20-8-5-9-21-51)58-38-40-59(41-39-58)83-72-45-35-54(53-34-44-71-65(48-53)63-27-16-19-31-70(63)82(71)55-22-10-6-11-23-55)49-66(72)75-73(83)46-47-74-76(75)77-78(84(74)56-24-12-7-13-25-56)64-28-15-18-30-68(64)80(77,3)4/h5-50H,1-4H3. The zero-order valence-corrected chi connectivity index (χ0v) is 47.3. The summed E-state index contributed by atoms with van der Waals surface area (Å²) in [6, 6.07) is 104. The fourth-order valence-electron chi connectivity index (χ4n) is 14.9. The molecule has 398 valence electrons. The fourth-order valence-corrected chi connectivity index (χ4v) is 14.9. The molecule has 0 atom stereocenters. The Kier molecular flexibility index (Phi) is 10.4. The van der Waals surface area contributed by atoms with E-state index in [0.717, 1.165) is 34.1 Å². The third kappa shape index (κ3) is 6.95. The van der Waals surface area contributed by atoms with Crippen LogP contribution in [-0.4, -0.2) is 13.7 Å². The summed E-state index contributed by atoms with van der Waals surface area (Å²) in [6.45, 7) is 9.59. The second-order valence-electron chi connectivity index (χ2n) is 24.1. The summed E-state index contributed by atoms with van der Waals surface area (Å²) in [6.07, 6.45) is 0. The van der Waals surface area contributed by atoms with Gasteiger partial charge in [-0.3, -0.25) is 0 Å². The molecule has 0 spiro atoms. The number of rotatable bonds is 8. The number of aromatic nitrogens is 3. The lowest BCUT2D eigenvalue weighted by molar-refractivity contribution is 0.660. The molecule has 0 saturated carbocycles. The molecule has 84 heavy (non-hydrogen) atoms. The minimum Gasteiger partial charge on any atom is -0.310 e. The van der Waals surface area contributed by atoms with Crippen LogP contribution in [0.1, 0.15) is 49.9 Å². The van der Waals surface area contributed by atoms with Crippen LogP contribution in [0.4, 0.5) is 17.1 Å². The molecule has 0 fully saturated rings. The Morgan fingerprint density at radius 3 is 1.42 bits per heavy atom. The van der Waals surface area contributed by atoms with Crippen LogP contribution in [0.2, 0.25) is 0 Å². The van der Waals surface area contributed by atoms with Gasteiger partial charge in [0.05, 0.1) is 33.3 Å². The molecule has 0 bridgehead atoms. The van der Waals surface area contributed by atoms with Crippen LogP contribution in [0.3, 0.4) is 0 Å². The van der Waals surface area contributed by atoms with Gasteiger partial charge in [-0.05, 0) is 171 Å². The second-order valence-corrected chi connectivity index (χ2v) is 24.1. The van der Waals surface area contributed by atoms with Crippen molar-refractivity contribution in [2.24, 2.45) is 0 Å². The maximum absolute atomic E-state index is 2.54. The first-order valence-electron chi connectivity index (χ1n) is 29.4. The fraction of sp³-hybridized carbons (Fsp3) is 0.0750. The predicted octanol–water partition coefficient (Wildman–Crippen LogP) is 21.2. The molecule has 3 heterocycles. The summed E-state index contributed by atoms with van der Waals surface area (Å²) in [5.74, 6) is 0. The third-order valence-corrected chi connectivity index (χ3v) is 18.8. The van der Waals surface area contributed by atoms with Crippen molar-refractivity contribution < 1.29 is 0 Å². The van der Waals surface area contributed by atoms with E-state index >= 15 is 0 Å². The van der Waals surface area contributed by atoms with Crippen molar-refractivity contribution in [3.8, 4) is 61.7 Å². The van der Waals surface area contributed by atoms with Crippen LogP contribution >= 0.6 is 0 Å². The Hall–Kier alpha value is -10.4. The normalized spacial score (nSPS) is 13.7. The van der Waals surface area contributed by atoms with E-state index in [-0.39, 0.29) is 10.8 Å². The molecule has 15 aromatic rings. The summed E-state index contributed by atoms with van der Waals surface area (Å²) in [4.78, 5) is 2.43. The van der Waals surface area contributed by atoms with Crippen molar-refractivity contribution in [1.29, 1.82) is 0 Å². The van der Waals surface area contributed by atoms with Crippen LogP contribution in [0, 0.1) is 0 Å². The highest BCUT2D eigenvalue weighted by Gasteiger charge is 2.42. The van der Waals surface area contributed by atoms with Gasteiger partial charge in [0.2, 0.25) is 0 Å². The van der Waals surface area contributed by atoms with E-state index in [0.29, 0.717) is 0 Å². The van der Waals surface area contributed by atoms with Gasteiger partial charge in [0.1, 0.15) is 0 Å². The summed E-state index contributed by atoms with van der Waals surface area (Å²) in [7, 11) is 0. The highest BCUT2D eigenvalue weighted by molar-refractivity contribution is 6.25. The molecule has 17 rings (SSSR count). The second kappa shape index (κ2) is 18.0. The lowest BCUT2D eigenvalue weighted by atomic mass is 9.81. The molecule has 2 aliphatic rings. The van der Waals surface area contributed by atoms with Crippen LogP contribution in [0.25, 0.3) is 116 Å². The van der Waals surface area contributed by atoms with Crippen LogP contribution in [0.15, 0.2) is 279 Å². The minimum absolute atomic E-state index is 0.147. The third-order valence-electron chi connectivity index (χ3n) is 18.8. The number of nitrogens with zero attached hydrogens (tertiary/aromatic N) is 4. The summed E-state index contributed by atoms with van der Waals surface area (Å²) in [5, 5.41) is 6.28. The molecule has 0 unspecified atom stereocenters. The first-order valence-corrected chi connectivity index (χ1v) is 29.4. The molecular weight excluding hydrogens is 1020 g/mol. The van der Waals surface area contributed by atoms with Crippen molar-refractivity contribution in [3.63, 3.8) is 0 Å². The van der Waals surface area contributed by atoms with Gasteiger partial charge in [0.15, 0.2) is 0 Å². The van der Waals surface area contributed by atoms with Crippen LogP contribution < -0.4 is 4.90 Å². The van der Waals surface area contributed by atoms with Crippen molar-refractivity contribution in [2.45, 2.75) is 38.5 Å². The van der Waals surface area contributed by atoms with Gasteiger partial charge in [-0.25, -0.2) is 0 Å². The average molecular weight is 1080 g/mol. The summed E-state index contributed by atoms with van der Waals surface area (Å²) in [5.41, 5.74) is 27.7. The molecule has 4 nitrogen and oxygen atoms in total. The van der Waals surface area contributed by atoms with Crippen LogP contribution in [-0.2, 0) is 10.8 Å². The van der Waals surface area contributed by atoms with Crippen molar-refractivity contribution in [2.75, 3.05) is 4.90 Å². The molecule has 0 radical (unpaired) electrons. The highest BCUT2D eigenvalue weighted by atomic mass is 15.1. The molecule has 0 saturated heterocycles. The molecule has 0 amide bonds. The number of para-hydroxylation sites is 3. The Balaban J connectivity index is 0.884. The van der Waals surface area contributed by atoms with Gasteiger partial charge in [0.25, 0.3) is 0 Å². The van der Waals surface area contributed by atoms with Crippen molar-refractivity contribution >= 4 is 71.6 Å². The maximum atomic E-state index is 2.54. The van der Waals surface area contributed by atoms with Crippen molar-refractivity contribution in [1.82, 2.24) is 13.7 Å². The topological polar surface area (TPSA) is 18.0 Å². The number of hydrogen-bond acceptors (Lipinski definition) is 1. The average Bonchev–Trinajstić information content (AvgIpc) is 1.74. The number of anilines is 3. The number of hydrogen-bond donors (Lipinski definition) is 0. The molecule has 0 aliphatic heterocycles. The zero-order valence-electron chi connectivity index (χ0n) is 47.3. The maximum Gasteiger partial charge on any atom is 0.0585 e. The minimum atomic E-state index is -0.275. The molecule has 4 heteroatoms. The Bertz CT molecular complexity index is 5150. The molecule has 12 aromatic carbocycles. The Labute approximate surface area is 489 Å². The van der Waals surface area contributed by atoms with Gasteiger partial charge >= 0.3 is 0 Å². The van der Waals surface area contributed by atoms with Gasteiger partial charge in [0, 0.05) is 77.4 Å². The van der Waals surface area contributed by atoms with E-state index in [2.05, 4.69) is 325 Å². The largest absolute Gasteiger partial charge is 0.310 e. The van der Waals surface area contributed by atoms with Gasteiger partial charge in [-0.2, -0.15) is 0 Å². The molecule has 0 N–H and O–H groups in total. The van der Waals surface area contributed by atoms with E-state index in [1.165, 1.54) is 121 Å². The van der Waals surface area contributed by atoms with E-state index in [1.807, 2.05) is 0 Å². The van der Waals surface area contributed by atoms with Gasteiger partial charge in [-0.15, -0.1) is 0 Å². The SMILES string of the molecule is CC1(C)c2ccccc2-c2ccc(N(c3ccc(-c4ccccc4)cc3)c3ccc(-n4c5ccc(-c6ccc7c(c6)c6ccccc6n7-c6ccccc6)cc5c5c6c7c(n(-c8ccccc8)c6ccc54)-c4ccccc4C7(C)C)cc3)cc21. The first-order chi connectivity index (χ1) is 41.2. The smallest absolute Gasteiger partial charge is 0.0585 e. The number of benzene rings is 12. The van der Waals surface area contributed by atoms with E-state index in [9.17, 15) is 0 Å². The monoisotopic (exact) mass is 1070 g/mol. The van der Waals surface area contributed by atoms with E-state index in [1.54, 1.807) is 0 Å². The first kappa shape index (κ1) is 48.3. The molecule has 3 aromatic heterocycles. The number of fused-ring (bicyclic) bond motifs is 15. The zero-order chi connectivity index (χ0) is 56.0. The lowest BCUT2D eigenvalue weighted by Gasteiger charge is -2.28. The Morgan fingerprint density at radius 1 is 0.274 bits per heavy atom.